The molecule has 188 valence electrons. The molecule has 2 aromatic heterocycles. The van der Waals surface area contributed by atoms with Crippen molar-refractivity contribution in [3.8, 4) is 28.7 Å². The van der Waals surface area contributed by atoms with Gasteiger partial charge in [0.25, 0.3) is 5.89 Å². The van der Waals surface area contributed by atoms with Gasteiger partial charge in [0.1, 0.15) is 11.6 Å². The van der Waals surface area contributed by atoms with Gasteiger partial charge in [0, 0.05) is 55.1 Å². The van der Waals surface area contributed by atoms with Gasteiger partial charge in [-0.25, -0.2) is 8.78 Å². The van der Waals surface area contributed by atoms with E-state index in [2.05, 4.69) is 31.0 Å². The lowest BCUT2D eigenvalue weighted by atomic mass is 10.0. The van der Waals surface area contributed by atoms with Crippen LogP contribution in [-0.4, -0.2) is 46.2 Å². The topological polar surface area (TPSA) is 82.1 Å². The lowest BCUT2D eigenvalue weighted by Crippen LogP contribution is -2.46. The minimum Gasteiger partial charge on any atom is -0.368 e. The highest BCUT2D eigenvalue weighted by Crippen LogP contribution is 2.31. The zero-order valence-electron chi connectivity index (χ0n) is 20.3. The van der Waals surface area contributed by atoms with Gasteiger partial charge in [0.05, 0.1) is 23.7 Å². The molecule has 0 radical (unpaired) electrons. The van der Waals surface area contributed by atoms with Gasteiger partial charge >= 0.3 is 0 Å². The van der Waals surface area contributed by atoms with Crippen molar-refractivity contribution in [1.29, 1.82) is 5.26 Å². The smallest absolute Gasteiger partial charge is 0.258 e. The molecule has 1 saturated heterocycles. The Morgan fingerprint density at radius 3 is 2.47 bits per heavy atom. The summed E-state index contributed by atoms with van der Waals surface area (Å²) in [5, 5.41) is 14.2. The number of benzene rings is 3. The maximum absolute atomic E-state index is 13.7. The van der Waals surface area contributed by atoms with Crippen LogP contribution in [0.2, 0.25) is 0 Å². The second-order valence-electron chi connectivity index (χ2n) is 9.19. The molecule has 1 aliphatic heterocycles. The van der Waals surface area contributed by atoms with Gasteiger partial charge in [-0.15, -0.1) is 0 Å². The minimum atomic E-state index is -0.607. The van der Waals surface area contributed by atoms with Crippen molar-refractivity contribution < 1.29 is 13.3 Å². The molecule has 0 amide bonds. The van der Waals surface area contributed by atoms with E-state index in [-0.39, 0.29) is 0 Å². The van der Waals surface area contributed by atoms with Crippen LogP contribution in [0.5, 0.6) is 0 Å². The lowest BCUT2D eigenvalue weighted by Gasteiger charge is -2.36. The van der Waals surface area contributed by atoms with E-state index in [4.69, 9.17) is 9.78 Å². The van der Waals surface area contributed by atoms with Crippen molar-refractivity contribution in [2.24, 2.45) is 0 Å². The Morgan fingerprint density at radius 1 is 0.868 bits per heavy atom. The fourth-order valence-corrected chi connectivity index (χ4v) is 4.81. The Bertz CT molecular complexity index is 1650. The Labute approximate surface area is 217 Å². The van der Waals surface area contributed by atoms with Crippen molar-refractivity contribution in [2.45, 2.75) is 6.54 Å². The van der Waals surface area contributed by atoms with Crippen molar-refractivity contribution >= 4 is 16.6 Å². The molecule has 0 unspecified atom stereocenters. The fourth-order valence-electron chi connectivity index (χ4n) is 4.81. The lowest BCUT2D eigenvalue weighted by molar-refractivity contribution is 0.240. The van der Waals surface area contributed by atoms with E-state index in [9.17, 15) is 8.78 Å². The number of hydrogen-bond donors (Lipinski definition) is 0. The number of fused-ring (bicyclic) bond motifs is 1. The van der Waals surface area contributed by atoms with Crippen LogP contribution in [0.1, 0.15) is 11.4 Å². The van der Waals surface area contributed by atoms with E-state index >= 15 is 0 Å². The molecule has 1 aliphatic rings. The zero-order chi connectivity index (χ0) is 26.1. The monoisotopic (exact) mass is 508 g/mol. The first-order chi connectivity index (χ1) is 18.6. The predicted octanol–water partition coefficient (Wildman–Crippen LogP) is 5.42. The highest BCUT2D eigenvalue weighted by atomic mass is 19.1. The number of piperazine rings is 1. The second kappa shape index (κ2) is 10.00. The molecule has 1 fully saturated rings. The summed E-state index contributed by atoms with van der Waals surface area (Å²) in [6.45, 7) is 3.83. The first-order valence-electron chi connectivity index (χ1n) is 12.2. The largest absolute Gasteiger partial charge is 0.368 e. The molecular weight excluding hydrogens is 486 g/mol. The molecule has 0 atom stereocenters. The number of nitriles is 1. The summed E-state index contributed by atoms with van der Waals surface area (Å²) in [5.74, 6) is -0.208. The highest BCUT2D eigenvalue weighted by molar-refractivity contribution is 5.94. The number of anilines is 1. The SMILES string of the molecule is N#Cc1cccc(-c2nc(CN3CCN(c4ccnc5cc(-c6cc(F)cc(F)c6)ccc45)CC3)no2)c1. The Balaban J connectivity index is 1.14. The van der Waals surface area contributed by atoms with E-state index in [0.29, 0.717) is 35.0 Å². The standard InChI is InChI=1S/C29H22F2N6O/c30-23-13-22(14-24(31)16-23)20-4-5-25-26(15-20)33-7-6-27(25)37-10-8-36(9-11-37)18-28-34-29(38-35-28)21-3-1-2-19(12-21)17-32/h1-7,12-16H,8-11,18H2. The molecular formula is C29H22F2N6O. The van der Waals surface area contributed by atoms with Crippen LogP contribution >= 0.6 is 0 Å². The molecule has 9 heteroatoms. The number of nitrogens with zero attached hydrogens (tertiary/aromatic N) is 6. The summed E-state index contributed by atoms with van der Waals surface area (Å²) in [6, 6.07) is 20.4. The quantitative estimate of drug-likeness (QED) is 0.313. The van der Waals surface area contributed by atoms with Crippen LogP contribution in [0, 0.1) is 23.0 Å². The third-order valence-corrected chi connectivity index (χ3v) is 6.70. The van der Waals surface area contributed by atoms with Gasteiger partial charge < -0.3 is 9.42 Å². The summed E-state index contributed by atoms with van der Waals surface area (Å²) in [7, 11) is 0. The van der Waals surface area contributed by atoms with Crippen LogP contribution in [0.3, 0.4) is 0 Å². The normalized spacial score (nSPS) is 14.1. The molecule has 6 rings (SSSR count). The van der Waals surface area contributed by atoms with E-state index in [1.807, 2.05) is 30.3 Å². The van der Waals surface area contributed by atoms with Crippen LogP contribution in [0.15, 0.2) is 77.4 Å². The van der Waals surface area contributed by atoms with Gasteiger partial charge in [-0.05, 0) is 53.6 Å². The van der Waals surface area contributed by atoms with Gasteiger partial charge in [-0.3, -0.25) is 9.88 Å². The van der Waals surface area contributed by atoms with E-state index < -0.39 is 11.6 Å². The van der Waals surface area contributed by atoms with Crippen molar-refractivity contribution in [2.75, 3.05) is 31.1 Å². The molecule has 0 aliphatic carbocycles. The Kier molecular flexibility index (Phi) is 6.23. The zero-order valence-corrected chi connectivity index (χ0v) is 20.3. The van der Waals surface area contributed by atoms with Gasteiger partial charge in [0.15, 0.2) is 5.82 Å². The van der Waals surface area contributed by atoms with E-state index in [0.717, 1.165) is 54.4 Å². The first kappa shape index (κ1) is 23.7. The van der Waals surface area contributed by atoms with E-state index in [1.54, 1.807) is 24.4 Å². The van der Waals surface area contributed by atoms with Crippen LogP contribution in [-0.2, 0) is 6.54 Å². The summed E-state index contributed by atoms with van der Waals surface area (Å²) in [5.41, 5.74) is 4.30. The number of hydrogen-bond acceptors (Lipinski definition) is 7. The van der Waals surface area contributed by atoms with Crippen LogP contribution in [0.4, 0.5) is 14.5 Å². The van der Waals surface area contributed by atoms with Gasteiger partial charge in [0.2, 0.25) is 0 Å². The molecule has 3 heterocycles. The first-order valence-corrected chi connectivity index (χ1v) is 12.2. The van der Waals surface area contributed by atoms with Crippen molar-refractivity contribution in [3.05, 3.63) is 95.9 Å². The number of halogens is 2. The average molecular weight is 509 g/mol. The average Bonchev–Trinajstić information content (AvgIpc) is 3.41. The van der Waals surface area contributed by atoms with Crippen molar-refractivity contribution in [3.63, 3.8) is 0 Å². The number of aromatic nitrogens is 3. The van der Waals surface area contributed by atoms with Crippen LogP contribution < -0.4 is 4.90 Å². The molecule has 3 aromatic carbocycles. The molecule has 38 heavy (non-hydrogen) atoms. The third-order valence-electron chi connectivity index (χ3n) is 6.70. The van der Waals surface area contributed by atoms with Gasteiger partial charge in [-0.2, -0.15) is 10.2 Å². The van der Waals surface area contributed by atoms with E-state index in [1.165, 1.54) is 12.1 Å². The maximum Gasteiger partial charge on any atom is 0.258 e. The fraction of sp³-hybridized carbons (Fsp3) is 0.172. The highest BCUT2D eigenvalue weighted by Gasteiger charge is 2.21. The molecule has 0 N–H and O–H groups in total. The Hall–Kier alpha value is -4.68. The maximum atomic E-state index is 13.7. The predicted molar refractivity (Wildman–Crippen MR) is 139 cm³/mol. The second-order valence-corrected chi connectivity index (χ2v) is 9.19. The third kappa shape index (κ3) is 4.82. The summed E-state index contributed by atoms with van der Waals surface area (Å²) in [6.07, 6.45) is 1.77. The molecule has 5 aromatic rings. The molecule has 0 bridgehead atoms. The molecule has 0 saturated carbocycles. The summed E-state index contributed by atoms with van der Waals surface area (Å²) in [4.78, 5) is 13.6. The number of pyridine rings is 1. The number of rotatable bonds is 5. The summed E-state index contributed by atoms with van der Waals surface area (Å²) < 4.78 is 32.9. The Morgan fingerprint density at radius 2 is 1.68 bits per heavy atom. The van der Waals surface area contributed by atoms with Crippen molar-refractivity contribution in [1.82, 2.24) is 20.0 Å². The molecule has 7 nitrogen and oxygen atoms in total. The van der Waals surface area contributed by atoms with Crippen LogP contribution in [0.25, 0.3) is 33.5 Å². The van der Waals surface area contributed by atoms with Gasteiger partial charge in [-0.1, -0.05) is 23.4 Å². The molecule has 0 spiro atoms. The minimum absolute atomic E-state index is 0.402. The summed E-state index contributed by atoms with van der Waals surface area (Å²) >= 11 is 0.